The van der Waals surface area contributed by atoms with Gasteiger partial charge in [-0.2, -0.15) is 0 Å². The Bertz CT molecular complexity index is 1440. The fourth-order valence-corrected chi connectivity index (χ4v) is 6.54. The van der Waals surface area contributed by atoms with Gasteiger partial charge in [-0.05, 0) is 82.5 Å². The lowest BCUT2D eigenvalue weighted by molar-refractivity contribution is -0.143. The van der Waals surface area contributed by atoms with Gasteiger partial charge in [0, 0.05) is 50.4 Å². The average molecular weight is 708 g/mol. The van der Waals surface area contributed by atoms with Crippen molar-refractivity contribution >= 4 is 78.7 Å². The predicted molar refractivity (Wildman–Crippen MR) is 160 cm³/mol. The molecule has 2 aliphatic rings. The smallest absolute Gasteiger partial charge is 0.305 e. The summed E-state index contributed by atoms with van der Waals surface area (Å²) in [4.78, 5) is 78.3. The number of benzene rings is 2. The molecule has 2 aromatic rings. The van der Waals surface area contributed by atoms with Gasteiger partial charge >= 0.3 is 5.97 Å². The molecule has 0 bridgehead atoms. The SMILES string of the molecule is CCC(=O)OCCCCCCN1C(=O)c2cc(Br)c3c4c(cc(Br)c(c24)C1=O)C(=O)N(CCCCCCOC=O)C3=O. The van der Waals surface area contributed by atoms with Crippen LogP contribution in [0.3, 0.4) is 0 Å². The summed E-state index contributed by atoms with van der Waals surface area (Å²) in [5.74, 6) is -2.13. The number of rotatable bonds is 16. The third-order valence-electron chi connectivity index (χ3n) is 7.47. The van der Waals surface area contributed by atoms with Gasteiger partial charge < -0.3 is 9.47 Å². The molecule has 2 heterocycles. The fourth-order valence-electron chi connectivity index (χ4n) is 5.35. The maximum atomic E-state index is 13.6. The van der Waals surface area contributed by atoms with E-state index in [0.717, 1.165) is 25.7 Å². The van der Waals surface area contributed by atoms with E-state index in [1.54, 1.807) is 19.1 Å². The highest BCUT2D eigenvalue weighted by Gasteiger charge is 2.41. The van der Waals surface area contributed by atoms with Gasteiger partial charge in [0.1, 0.15) is 0 Å². The zero-order valence-corrected chi connectivity index (χ0v) is 26.5. The first-order valence-electron chi connectivity index (χ1n) is 14.1. The van der Waals surface area contributed by atoms with Crippen LogP contribution in [-0.2, 0) is 19.1 Å². The third-order valence-corrected chi connectivity index (χ3v) is 8.72. The molecule has 0 N–H and O–H groups in total. The van der Waals surface area contributed by atoms with Crippen molar-refractivity contribution in [2.45, 2.75) is 64.7 Å². The highest BCUT2D eigenvalue weighted by atomic mass is 79.9. The maximum Gasteiger partial charge on any atom is 0.305 e. The van der Waals surface area contributed by atoms with E-state index in [1.807, 2.05) is 0 Å². The summed E-state index contributed by atoms with van der Waals surface area (Å²) in [6.07, 6.45) is 5.97. The summed E-state index contributed by atoms with van der Waals surface area (Å²) < 4.78 is 10.5. The van der Waals surface area contributed by atoms with Crippen LogP contribution in [0.25, 0.3) is 10.8 Å². The van der Waals surface area contributed by atoms with E-state index in [-0.39, 0.29) is 41.3 Å². The van der Waals surface area contributed by atoms with Crippen molar-refractivity contribution < 1.29 is 38.2 Å². The largest absolute Gasteiger partial charge is 0.468 e. The molecule has 0 aliphatic carbocycles. The first-order chi connectivity index (χ1) is 20.2. The predicted octanol–water partition coefficient (Wildman–Crippen LogP) is 5.80. The molecule has 0 aromatic heterocycles. The lowest BCUT2D eigenvalue weighted by Crippen LogP contribution is -2.44. The number of unbranched alkanes of at least 4 members (excludes halogenated alkanes) is 6. The number of hydrogen-bond acceptors (Lipinski definition) is 8. The number of nitrogens with zero attached hydrogens (tertiary/aromatic N) is 2. The molecule has 0 radical (unpaired) electrons. The summed E-state index contributed by atoms with van der Waals surface area (Å²) in [6.45, 7) is 3.26. The number of halogens is 2. The van der Waals surface area contributed by atoms with Crippen LogP contribution in [0.1, 0.15) is 106 Å². The third kappa shape index (κ3) is 6.44. The Balaban J connectivity index is 1.52. The number of ether oxygens (including phenoxy) is 2. The van der Waals surface area contributed by atoms with Gasteiger partial charge in [0.05, 0.1) is 24.3 Å². The lowest BCUT2D eigenvalue weighted by atomic mass is 9.85. The molecule has 224 valence electrons. The zero-order valence-electron chi connectivity index (χ0n) is 23.3. The van der Waals surface area contributed by atoms with Crippen molar-refractivity contribution in [1.29, 1.82) is 0 Å². The normalized spacial score (nSPS) is 14.2. The second-order valence-corrected chi connectivity index (χ2v) is 11.9. The molecule has 0 saturated heterocycles. The summed E-state index contributed by atoms with van der Waals surface area (Å²) in [5.41, 5.74) is 1.04. The van der Waals surface area contributed by atoms with Gasteiger partial charge in [0.2, 0.25) is 0 Å². The summed E-state index contributed by atoms with van der Waals surface area (Å²) in [5, 5.41) is 0.635. The van der Waals surface area contributed by atoms with Crippen LogP contribution < -0.4 is 0 Å². The topological polar surface area (TPSA) is 127 Å². The van der Waals surface area contributed by atoms with E-state index in [1.165, 1.54) is 9.80 Å². The molecule has 4 amide bonds. The molecule has 0 spiro atoms. The summed E-state index contributed by atoms with van der Waals surface area (Å²) in [6, 6.07) is 3.14. The van der Waals surface area contributed by atoms with Crippen molar-refractivity contribution in [2.24, 2.45) is 0 Å². The molecule has 12 heteroatoms. The molecule has 0 saturated carbocycles. The van der Waals surface area contributed by atoms with Crippen molar-refractivity contribution in [3.63, 3.8) is 0 Å². The Morgan fingerprint density at radius 3 is 1.62 bits per heavy atom. The van der Waals surface area contributed by atoms with Gasteiger partial charge in [-0.1, -0.05) is 19.8 Å². The zero-order chi connectivity index (χ0) is 30.4. The Kier molecular flexibility index (Phi) is 10.9. The molecule has 42 heavy (non-hydrogen) atoms. The molecule has 2 aliphatic heterocycles. The van der Waals surface area contributed by atoms with E-state index in [0.29, 0.717) is 71.5 Å². The van der Waals surface area contributed by atoms with Crippen LogP contribution in [0.15, 0.2) is 21.1 Å². The van der Waals surface area contributed by atoms with Gasteiger partial charge in [-0.25, -0.2) is 0 Å². The van der Waals surface area contributed by atoms with Crippen molar-refractivity contribution in [3.8, 4) is 0 Å². The van der Waals surface area contributed by atoms with Crippen molar-refractivity contribution in [3.05, 3.63) is 43.3 Å². The van der Waals surface area contributed by atoms with E-state index in [2.05, 4.69) is 36.6 Å². The van der Waals surface area contributed by atoms with Crippen molar-refractivity contribution in [1.82, 2.24) is 9.80 Å². The Morgan fingerprint density at radius 2 is 1.17 bits per heavy atom. The number of esters is 1. The molecule has 0 fully saturated rings. The molecular weight excluding hydrogens is 676 g/mol. The van der Waals surface area contributed by atoms with Gasteiger partial charge in [-0.3, -0.25) is 38.6 Å². The van der Waals surface area contributed by atoms with Crippen LogP contribution in [0.2, 0.25) is 0 Å². The highest BCUT2D eigenvalue weighted by Crippen LogP contribution is 2.44. The Morgan fingerprint density at radius 1 is 0.714 bits per heavy atom. The number of amides is 4. The second-order valence-electron chi connectivity index (χ2n) is 10.2. The van der Waals surface area contributed by atoms with Crippen LogP contribution in [0.5, 0.6) is 0 Å². The quantitative estimate of drug-likeness (QED) is 0.0927. The minimum atomic E-state index is -0.476. The average Bonchev–Trinajstić information content (AvgIpc) is 2.97. The number of imide groups is 2. The Hall–Kier alpha value is -3.12. The van der Waals surface area contributed by atoms with Crippen LogP contribution in [0.4, 0.5) is 0 Å². The van der Waals surface area contributed by atoms with E-state index in [9.17, 15) is 28.8 Å². The first-order valence-corrected chi connectivity index (χ1v) is 15.7. The second kappa shape index (κ2) is 14.4. The van der Waals surface area contributed by atoms with Crippen molar-refractivity contribution in [2.75, 3.05) is 26.3 Å². The van der Waals surface area contributed by atoms with Gasteiger partial charge in [0.15, 0.2) is 0 Å². The molecule has 4 rings (SSSR count). The molecule has 2 aromatic carbocycles. The summed E-state index contributed by atoms with van der Waals surface area (Å²) >= 11 is 6.94. The molecule has 0 unspecified atom stereocenters. The van der Waals surface area contributed by atoms with Crippen LogP contribution >= 0.6 is 31.9 Å². The minimum Gasteiger partial charge on any atom is -0.468 e. The van der Waals surface area contributed by atoms with E-state index < -0.39 is 23.6 Å². The maximum absolute atomic E-state index is 13.6. The highest BCUT2D eigenvalue weighted by molar-refractivity contribution is 9.10. The number of hydrogen-bond donors (Lipinski definition) is 0. The lowest BCUT2D eigenvalue weighted by Gasteiger charge is -2.33. The van der Waals surface area contributed by atoms with E-state index in [4.69, 9.17) is 4.74 Å². The fraction of sp³-hybridized carbons (Fsp3) is 0.467. The van der Waals surface area contributed by atoms with Gasteiger partial charge in [-0.15, -0.1) is 0 Å². The standard InChI is InChI=1S/C30H32Br2N2O8/c1-2-22(36)42-14-10-6-4-8-12-34-28(38)19-16-20(31)25-23-18(15-21(32)26(24(19)23)30(34)40)27(37)33(29(25)39)11-7-3-5-9-13-41-17-35/h15-17H,2-14H2,1H3. The number of carbonyl (C=O) groups is 6. The van der Waals surface area contributed by atoms with Crippen LogP contribution in [0, 0.1) is 0 Å². The molecular formula is C30H32Br2N2O8. The van der Waals surface area contributed by atoms with Gasteiger partial charge in [0.25, 0.3) is 30.1 Å². The number of carbonyl (C=O) groups excluding carboxylic acids is 6. The monoisotopic (exact) mass is 706 g/mol. The minimum absolute atomic E-state index is 0.216. The Labute approximate surface area is 260 Å². The first kappa shape index (κ1) is 31.8. The van der Waals surface area contributed by atoms with Crippen LogP contribution in [-0.4, -0.2) is 72.2 Å². The molecule has 10 nitrogen and oxygen atoms in total. The van der Waals surface area contributed by atoms with E-state index >= 15 is 0 Å². The summed E-state index contributed by atoms with van der Waals surface area (Å²) in [7, 11) is 0. The molecule has 0 atom stereocenters.